The van der Waals surface area contributed by atoms with Gasteiger partial charge in [-0.2, -0.15) is 0 Å². The predicted octanol–water partition coefficient (Wildman–Crippen LogP) is 1.41. The van der Waals surface area contributed by atoms with Crippen LogP contribution >= 0.6 is 0 Å². The maximum atomic E-state index is 6.17. The van der Waals surface area contributed by atoms with Crippen molar-refractivity contribution in [1.29, 1.82) is 0 Å². The first-order chi connectivity index (χ1) is 8.34. The molecule has 0 spiro atoms. The monoisotopic (exact) mass is 232 g/mol. The molecule has 1 aromatic rings. The molecular formula is C14H20N2O. The fourth-order valence-electron chi connectivity index (χ4n) is 2.88. The molecule has 0 saturated carbocycles. The summed E-state index contributed by atoms with van der Waals surface area (Å²) >= 11 is 0. The number of anilines is 1. The zero-order chi connectivity index (χ0) is 11.7. The summed E-state index contributed by atoms with van der Waals surface area (Å²) in [5.74, 6) is 0.481. The molecule has 2 heterocycles. The van der Waals surface area contributed by atoms with Gasteiger partial charge in [0.1, 0.15) is 0 Å². The molecule has 17 heavy (non-hydrogen) atoms. The zero-order valence-electron chi connectivity index (χ0n) is 10.1. The first-order valence-electron chi connectivity index (χ1n) is 6.51. The van der Waals surface area contributed by atoms with E-state index in [1.54, 1.807) is 0 Å². The lowest BCUT2D eigenvalue weighted by Crippen LogP contribution is -2.44. The van der Waals surface area contributed by atoms with Crippen molar-refractivity contribution in [3.8, 4) is 0 Å². The van der Waals surface area contributed by atoms with E-state index in [1.807, 2.05) is 0 Å². The fourth-order valence-corrected chi connectivity index (χ4v) is 2.88. The number of nitrogens with two attached hydrogens (primary N) is 1. The predicted molar refractivity (Wildman–Crippen MR) is 69.3 cm³/mol. The zero-order valence-corrected chi connectivity index (χ0v) is 10.1. The van der Waals surface area contributed by atoms with Crippen LogP contribution < -0.4 is 10.6 Å². The fraction of sp³-hybridized carbons (Fsp3) is 0.571. The molecule has 2 aliphatic rings. The first kappa shape index (κ1) is 11.1. The molecule has 2 aliphatic heterocycles. The van der Waals surface area contributed by atoms with Crippen LogP contribution in [0.5, 0.6) is 0 Å². The minimum absolute atomic E-state index is 0.302. The van der Waals surface area contributed by atoms with E-state index < -0.39 is 0 Å². The Morgan fingerprint density at radius 3 is 3.12 bits per heavy atom. The summed E-state index contributed by atoms with van der Waals surface area (Å²) in [7, 11) is 0. The maximum Gasteiger partial charge on any atom is 0.0526 e. The molecule has 2 N–H and O–H groups in total. The Morgan fingerprint density at radius 1 is 1.35 bits per heavy atom. The van der Waals surface area contributed by atoms with Crippen LogP contribution in [-0.4, -0.2) is 32.3 Å². The highest BCUT2D eigenvalue weighted by Gasteiger charge is 2.27. The molecular weight excluding hydrogens is 212 g/mol. The van der Waals surface area contributed by atoms with Gasteiger partial charge in [0.2, 0.25) is 0 Å². The van der Waals surface area contributed by atoms with Gasteiger partial charge in [0.25, 0.3) is 0 Å². The Kier molecular flexibility index (Phi) is 3.04. The minimum Gasteiger partial charge on any atom is -0.381 e. The minimum atomic E-state index is 0.302. The van der Waals surface area contributed by atoms with Gasteiger partial charge in [-0.05, 0) is 24.5 Å². The standard InChI is InChI=1S/C14H20N2O/c15-13-6-8-17-10-12(13)9-16-7-5-11-3-1-2-4-14(11)16/h1-4,12-13H,5-10,15H2. The largest absolute Gasteiger partial charge is 0.381 e. The number of rotatable bonds is 2. The molecule has 1 saturated heterocycles. The number of ether oxygens (including phenoxy) is 1. The molecule has 2 unspecified atom stereocenters. The van der Waals surface area contributed by atoms with Gasteiger partial charge in [-0.25, -0.2) is 0 Å². The number of hydrogen-bond donors (Lipinski definition) is 1. The highest BCUT2D eigenvalue weighted by Crippen LogP contribution is 2.29. The third-order valence-electron chi connectivity index (χ3n) is 3.97. The number of hydrogen-bond acceptors (Lipinski definition) is 3. The number of nitrogens with zero attached hydrogens (tertiary/aromatic N) is 1. The Balaban J connectivity index is 1.70. The van der Waals surface area contributed by atoms with E-state index in [-0.39, 0.29) is 0 Å². The molecule has 0 aromatic heterocycles. The van der Waals surface area contributed by atoms with Crippen molar-refractivity contribution < 1.29 is 4.74 Å². The number of benzene rings is 1. The lowest BCUT2D eigenvalue weighted by atomic mass is 9.96. The van der Waals surface area contributed by atoms with Crippen molar-refractivity contribution in [2.75, 3.05) is 31.2 Å². The highest BCUT2D eigenvalue weighted by atomic mass is 16.5. The van der Waals surface area contributed by atoms with Crippen molar-refractivity contribution >= 4 is 5.69 Å². The van der Waals surface area contributed by atoms with E-state index >= 15 is 0 Å². The molecule has 3 heteroatoms. The van der Waals surface area contributed by atoms with E-state index in [1.165, 1.54) is 17.7 Å². The molecule has 92 valence electrons. The van der Waals surface area contributed by atoms with Gasteiger partial charge in [0.15, 0.2) is 0 Å². The van der Waals surface area contributed by atoms with E-state index in [0.717, 1.165) is 32.7 Å². The van der Waals surface area contributed by atoms with Gasteiger partial charge in [-0.1, -0.05) is 18.2 Å². The molecule has 1 fully saturated rings. The average Bonchev–Trinajstić information content (AvgIpc) is 2.76. The Hall–Kier alpha value is -1.06. The van der Waals surface area contributed by atoms with Crippen molar-refractivity contribution in [2.45, 2.75) is 18.9 Å². The van der Waals surface area contributed by atoms with Gasteiger partial charge in [-0.15, -0.1) is 0 Å². The normalized spacial score (nSPS) is 28.2. The van der Waals surface area contributed by atoms with Crippen LogP contribution in [0.2, 0.25) is 0 Å². The van der Waals surface area contributed by atoms with Gasteiger partial charge in [0, 0.05) is 37.3 Å². The smallest absolute Gasteiger partial charge is 0.0526 e. The van der Waals surface area contributed by atoms with Gasteiger partial charge >= 0.3 is 0 Å². The third-order valence-corrected chi connectivity index (χ3v) is 3.97. The van der Waals surface area contributed by atoms with E-state index in [0.29, 0.717) is 12.0 Å². The van der Waals surface area contributed by atoms with Crippen molar-refractivity contribution in [1.82, 2.24) is 0 Å². The van der Waals surface area contributed by atoms with E-state index in [4.69, 9.17) is 10.5 Å². The van der Waals surface area contributed by atoms with Crippen LogP contribution in [0.25, 0.3) is 0 Å². The number of fused-ring (bicyclic) bond motifs is 1. The highest BCUT2D eigenvalue weighted by molar-refractivity contribution is 5.57. The molecule has 3 nitrogen and oxygen atoms in total. The van der Waals surface area contributed by atoms with Crippen LogP contribution in [0.1, 0.15) is 12.0 Å². The van der Waals surface area contributed by atoms with Crippen LogP contribution in [0.4, 0.5) is 5.69 Å². The van der Waals surface area contributed by atoms with E-state index in [2.05, 4.69) is 29.2 Å². The van der Waals surface area contributed by atoms with E-state index in [9.17, 15) is 0 Å². The van der Waals surface area contributed by atoms with Gasteiger partial charge < -0.3 is 15.4 Å². The second-order valence-electron chi connectivity index (χ2n) is 5.11. The molecule has 0 aliphatic carbocycles. The average molecular weight is 232 g/mol. The molecule has 0 amide bonds. The Labute approximate surface area is 103 Å². The molecule has 1 aromatic carbocycles. The van der Waals surface area contributed by atoms with Crippen molar-refractivity contribution in [3.63, 3.8) is 0 Å². The summed E-state index contributed by atoms with van der Waals surface area (Å²) in [5, 5.41) is 0. The summed E-state index contributed by atoms with van der Waals surface area (Å²) in [6.07, 6.45) is 2.17. The summed E-state index contributed by atoms with van der Waals surface area (Å²) in [6.45, 7) is 3.81. The quantitative estimate of drug-likeness (QED) is 0.838. The Bertz CT molecular complexity index is 394. The maximum absolute atomic E-state index is 6.17. The molecule has 0 bridgehead atoms. The molecule has 3 rings (SSSR count). The summed E-state index contributed by atoms with van der Waals surface area (Å²) in [6, 6.07) is 8.99. The molecule has 0 radical (unpaired) electrons. The molecule has 2 atom stereocenters. The van der Waals surface area contributed by atoms with Crippen LogP contribution in [0.3, 0.4) is 0 Å². The lowest BCUT2D eigenvalue weighted by Gasteiger charge is -2.33. The second-order valence-corrected chi connectivity index (χ2v) is 5.11. The topological polar surface area (TPSA) is 38.5 Å². The van der Waals surface area contributed by atoms with Crippen molar-refractivity contribution in [3.05, 3.63) is 29.8 Å². The SMILES string of the molecule is NC1CCOCC1CN1CCc2ccccc21. The van der Waals surface area contributed by atoms with Crippen molar-refractivity contribution in [2.24, 2.45) is 11.7 Å². The van der Waals surface area contributed by atoms with Crippen LogP contribution in [-0.2, 0) is 11.2 Å². The lowest BCUT2D eigenvalue weighted by molar-refractivity contribution is 0.0448. The first-order valence-corrected chi connectivity index (χ1v) is 6.51. The van der Waals surface area contributed by atoms with Gasteiger partial charge in [0.05, 0.1) is 6.61 Å². The summed E-state index contributed by atoms with van der Waals surface area (Å²) in [5.41, 5.74) is 9.03. The Morgan fingerprint density at radius 2 is 2.24 bits per heavy atom. The second kappa shape index (κ2) is 4.67. The van der Waals surface area contributed by atoms with Crippen LogP contribution in [0.15, 0.2) is 24.3 Å². The van der Waals surface area contributed by atoms with Gasteiger partial charge in [-0.3, -0.25) is 0 Å². The van der Waals surface area contributed by atoms with Crippen LogP contribution in [0, 0.1) is 5.92 Å². The third kappa shape index (κ3) is 2.17. The number of para-hydroxylation sites is 1. The summed E-state index contributed by atoms with van der Waals surface area (Å²) < 4.78 is 5.54. The summed E-state index contributed by atoms with van der Waals surface area (Å²) in [4.78, 5) is 2.47.